The minimum absolute atomic E-state index is 0.0442. The largest absolute Gasteiger partial charge is 0.507 e. The molecule has 168 valence electrons. The molecular weight excluding hydrogens is 451 g/mol. The number of phenolic OH excluding ortho intramolecular Hbond substituents is 1. The number of phenols is 1. The lowest BCUT2D eigenvalue weighted by molar-refractivity contribution is -0.134. The van der Waals surface area contributed by atoms with Gasteiger partial charge in [-0.05, 0) is 30.9 Å². The minimum Gasteiger partial charge on any atom is -0.507 e. The van der Waals surface area contributed by atoms with Gasteiger partial charge in [-0.15, -0.1) is 5.92 Å². The van der Waals surface area contributed by atoms with Crippen molar-refractivity contribution in [3.63, 3.8) is 0 Å². The number of nitrogens with zero attached hydrogens (tertiary/aromatic N) is 2. The molecule has 0 aromatic heterocycles. The summed E-state index contributed by atoms with van der Waals surface area (Å²) in [5.41, 5.74) is 1.46. The van der Waals surface area contributed by atoms with E-state index in [1.165, 1.54) is 6.07 Å². The Kier molecular flexibility index (Phi) is 6.85. The van der Waals surface area contributed by atoms with E-state index in [2.05, 4.69) is 29.4 Å². The van der Waals surface area contributed by atoms with Gasteiger partial charge < -0.3 is 14.7 Å². The van der Waals surface area contributed by atoms with E-state index in [9.17, 15) is 9.90 Å². The van der Waals surface area contributed by atoms with Crippen LogP contribution in [-0.4, -0.2) is 58.8 Å². The molecule has 0 bridgehead atoms. The number of benzene rings is 2. The lowest BCUT2D eigenvalue weighted by Crippen LogP contribution is -2.55. The number of ether oxygens (including phenoxy) is 1. The Balaban J connectivity index is 1.73. The van der Waals surface area contributed by atoms with Crippen LogP contribution in [0.15, 0.2) is 24.3 Å². The number of halogens is 2. The number of amides is 1. The van der Waals surface area contributed by atoms with Crippen molar-refractivity contribution < 1.29 is 19.0 Å². The van der Waals surface area contributed by atoms with Gasteiger partial charge in [-0.1, -0.05) is 23.6 Å². The zero-order chi connectivity index (χ0) is 22.8. The van der Waals surface area contributed by atoms with Crippen LogP contribution in [0.1, 0.15) is 24.5 Å². The fourth-order valence-electron chi connectivity index (χ4n) is 4.33. The second-order valence-corrected chi connectivity index (χ2v) is 8.71. The molecule has 1 fully saturated rings. The van der Waals surface area contributed by atoms with E-state index in [0.717, 1.165) is 0 Å². The Labute approximate surface area is 197 Å². The second-order valence-electron chi connectivity index (χ2n) is 7.86. The number of carbonyl (C=O) groups excluding carboxylic acids is 1. The maximum atomic E-state index is 15.9. The summed E-state index contributed by atoms with van der Waals surface area (Å²) >= 11 is 10.5. The number of aromatic hydroxyl groups is 1. The van der Waals surface area contributed by atoms with E-state index >= 15 is 4.39 Å². The van der Waals surface area contributed by atoms with Crippen LogP contribution < -0.4 is 4.74 Å². The average Bonchev–Trinajstić information content (AvgIpc) is 2.94. The average molecular weight is 475 g/mol. The van der Waals surface area contributed by atoms with Crippen LogP contribution in [-0.2, 0) is 11.3 Å². The zero-order valence-electron chi connectivity index (χ0n) is 17.7. The summed E-state index contributed by atoms with van der Waals surface area (Å²) in [5.74, 6) is 5.79. The quantitative estimate of drug-likeness (QED) is 0.522. The molecule has 2 aromatic carbocycles. The van der Waals surface area contributed by atoms with Crippen LogP contribution in [0.5, 0.6) is 11.5 Å². The van der Waals surface area contributed by atoms with Crippen molar-refractivity contribution in [1.29, 1.82) is 0 Å². The van der Waals surface area contributed by atoms with E-state index in [-0.39, 0.29) is 46.2 Å². The molecule has 0 spiro atoms. The fourth-order valence-corrected chi connectivity index (χ4v) is 4.79. The van der Waals surface area contributed by atoms with Gasteiger partial charge in [0.25, 0.3) is 0 Å². The molecular formula is C24H24ClFN2O3S. The summed E-state index contributed by atoms with van der Waals surface area (Å²) in [6, 6.07) is 6.43. The maximum absolute atomic E-state index is 15.9. The Morgan fingerprint density at radius 3 is 2.91 bits per heavy atom. The zero-order valence-corrected chi connectivity index (χ0v) is 19.3. The van der Waals surface area contributed by atoms with Gasteiger partial charge in [-0.25, -0.2) is 4.39 Å². The highest BCUT2D eigenvalue weighted by Crippen LogP contribution is 2.43. The molecule has 4 rings (SSSR count). The number of hydrogen-bond acceptors (Lipinski definition) is 5. The molecule has 5 nitrogen and oxygen atoms in total. The van der Waals surface area contributed by atoms with Crippen molar-refractivity contribution in [3.8, 4) is 34.5 Å². The molecule has 2 aliphatic heterocycles. The molecule has 1 amide bonds. The SMILES string of the molecule is CC#Cc1cc2c(c(F)c1-c1c(O)cccc1Cl)OC[C@H]1CN(C(=O)CCS)CCN1C2. The molecule has 0 saturated carbocycles. The van der Waals surface area contributed by atoms with E-state index in [0.29, 0.717) is 49.5 Å². The van der Waals surface area contributed by atoms with Crippen LogP contribution >= 0.6 is 24.2 Å². The van der Waals surface area contributed by atoms with Crippen LogP contribution in [0.3, 0.4) is 0 Å². The predicted octanol–water partition coefficient (Wildman–Crippen LogP) is 3.95. The molecule has 0 radical (unpaired) electrons. The third kappa shape index (κ3) is 4.27. The standard InChI is InChI=1S/C24H24ClFN2O3S/c1-2-4-15-11-16-12-27-8-9-28(20(30)7-10-32)13-17(27)14-31-24(16)23(26)21(15)22-18(25)5-3-6-19(22)29/h3,5-6,11,17,29,32H,7-10,12-14H2,1H3/t17-/m1/s1. The predicted molar refractivity (Wildman–Crippen MR) is 126 cm³/mol. The Morgan fingerprint density at radius 2 is 2.19 bits per heavy atom. The molecule has 0 unspecified atom stereocenters. The summed E-state index contributed by atoms with van der Waals surface area (Å²) in [4.78, 5) is 16.4. The molecule has 1 N–H and O–H groups in total. The van der Waals surface area contributed by atoms with E-state index in [1.807, 2.05) is 11.0 Å². The van der Waals surface area contributed by atoms with Gasteiger partial charge in [0.1, 0.15) is 12.4 Å². The molecule has 0 aliphatic carbocycles. The number of hydrogen-bond donors (Lipinski definition) is 2. The summed E-state index contributed by atoms with van der Waals surface area (Å²) in [6.07, 6.45) is 0.398. The highest BCUT2D eigenvalue weighted by Gasteiger charge is 2.34. The maximum Gasteiger partial charge on any atom is 0.223 e. The van der Waals surface area contributed by atoms with Gasteiger partial charge in [0.2, 0.25) is 5.91 Å². The van der Waals surface area contributed by atoms with Crippen molar-refractivity contribution in [3.05, 3.63) is 46.2 Å². The minimum atomic E-state index is -0.591. The fraction of sp³-hybridized carbons (Fsp3) is 0.375. The topological polar surface area (TPSA) is 53.0 Å². The van der Waals surface area contributed by atoms with E-state index in [4.69, 9.17) is 16.3 Å². The first-order chi connectivity index (χ1) is 15.4. The first-order valence-corrected chi connectivity index (χ1v) is 11.5. The van der Waals surface area contributed by atoms with Crippen molar-refractivity contribution in [1.82, 2.24) is 9.80 Å². The Bertz CT molecular complexity index is 1090. The number of rotatable bonds is 3. The van der Waals surface area contributed by atoms with Gasteiger partial charge in [-0.2, -0.15) is 12.6 Å². The number of fused-ring (bicyclic) bond motifs is 2. The van der Waals surface area contributed by atoms with Crippen molar-refractivity contribution in [2.45, 2.75) is 25.9 Å². The molecule has 2 aromatic rings. The molecule has 32 heavy (non-hydrogen) atoms. The molecule has 1 atom stereocenters. The molecule has 2 aliphatic rings. The third-order valence-corrected chi connectivity index (χ3v) is 6.41. The number of piperazine rings is 1. The van der Waals surface area contributed by atoms with Crippen LogP contribution in [0.4, 0.5) is 4.39 Å². The van der Waals surface area contributed by atoms with E-state index in [1.54, 1.807) is 19.1 Å². The molecule has 2 heterocycles. The third-order valence-electron chi connectivity index (χ3n) is 5.88. The van der Waals surface area contributed by atoms with Gasteiger partial charge in [0.05, 0.1) is 11.1 Å². The van der Waals surface area contributed by atoms with E-state index < -0.39 is 5.82 Å². The normalized spacial score (nSPS) is 18.0. The van der Waals surface area contributed by atoms with Crippen LogP contribution in [0, 0.1) is 17.7 Å². The molecule has 1 saturated heterocycles. The van der Waals surface area contributed by atoms with Gasteiger partial charge >= 0.3 is 0 Å². The Morgan fingerprint density at radius 1 is 1.38 bits per heavy atom. The van der Waals surface area contributed by atoms with Gasteiger partial charge in [0.15, 0.2) is 11.6 Å². The first kappa shape index (κ1) is 22.8. The molecule has 8 heteroatoms. The highest BCUT2D eigenvalue weighted by molar-refractivity contribution is 7.80. The van der Waals surface area contributed by atoms with Crippen LogP contribution in [0.25, 0.3) is 11.1 Å². The summed E-state index contributed by atoms with van der Waals surface area (Å²) < 4.78 is 21.9. The van der Waals surface area contributed by atoms with Crippen molar-refractivity contribution in [2.75, 3.05) is 32.0 Å². The smallest absolute Gasteiger partial charge is 0.223 e. The van der Waals surface area contributed by atoms with Crippen LogP contribution in [0.2, 0.25) is 5.02 Å². The number of carbonyl (C=O) groups is 1. The summed E-state index contributed by atoms with van der Waals surface area (Å²) in [6.45, 7) is 4.23. The second kappa shape index (κ2) is 9.62. The van der Waals surface area contributed by atoms with Gasteiger partial charge in [-0.3, -0.25) is 9.69 Å². The Hall–Kier alpha value is -2.40. The first-order valence-electron chi connectivity index (χ1n) is 10.5. The lowest BCUT2D eigenvalue weighted by Gasteiger charge is -2.39. The van der Waals surface area contributed by atoms with Gasteiger partial charge in [0, 0.05) is 54.9 Å². The lowest BCUT2D eigenvalue weighted by atomic mass is 9.95. The summed E-state index contributed by atoms with van der Waals surface area (Å²) in [7, 11) is 0. The highest BCUT2D eigenvalue weighted by atomic mass is 35.5. The monoisotopic (exact) mass is 474 g/mol. The van der Waals surface area contributed by atoms with Crippen molar-refractivity contribution >= 4 is 30.1 Å². The van der Waals surface area contributed by atoms with Crippen molar-refractivity contribution in [2.24, 2.45) is 0 Å². The number of thiol groups is 1. The summed E-state index contributed by atoms with van der Waals surface area (Å²) in [5, 5.41) is 10.7.